The van der Waals surface area contributed by atoms with Crippen LogP contribution in [0, 0.1) is 5.92 Å². The largest absolute Gasteiger partial charge is 0.480 e. The molecule has 1 heterocycles. The lowest BCUT2D eigenvalue weighted by atomic mass is 9.81. The van der Waals surface area contributed by atoms with E-state index in [9.17, 15) is 19.5 Å². The van der Waals surface area contributed by atoms with E-state index in [1.807, 2.05) is 38.1 Å². The summed E-state index contributed by atoms with van der Waals surface area (Å²) in [5, 5.41) is 10.3. The van der Waals surface area contributed by atoms with Gasteiger partial charge >= 0.3 is 5.97 Å². The Labute approximate surface area is 174 Å². The van der Waals surface area contributed by atoms with Crippen LogP contribution in [-0.2, 0) is 14.4 Å². The summed E-state index contributed by atoms with van der Waals surface area (Å²) < 4.78 is 1.63. The number of nitrogens with two attached hydrogens (primary N) is 2. The third-order valence-corrected chi connectivity index (χ3v) is 6.07. The molecule has 0 saturated heterocycles. The molecule has 0 fully saturated rings. The van der Waals surface area contributed by atoms with E-state index in [1.165, 1.54) is 11.9 Å². The summed E-state index contributed by atoms with van der Waals surface area (Å²) in [5.41, 5.74) is 12.8. The minimum absolute atomic E-state index is 0.203. The van der Waals surface area contributed by atoms with E-state index in [4.69, 9.17) is 11.5 Å². The molecule has 2 rings (SSSR count). The number of aromatic nitrogens is 1. The monoisotopic (exact) mass is 420 g/mol. The molecule has 0 bridgehead atoms. The van der Waals surface area contributed by atoms with Gasteiger partial charge in [-0.15, -0.1) is 0 Å². The second kappa shape index (κ2) is 9.43. The van der Waals surface area contributed by atoms with Gasteiger partial charge in [0.2, 0.25) is 5.91 Å². The Morgan fingerprint density at radius 3 is 2.31 bits per heavy atom. The van der Waals surface area contributed by atoms with Crippen molar-refractivity contribution in [2.24, 2.45) is 17.4 Å². The molecule has 0 aliphatic heterocycles. The fourth-order valence-corrected chi connectivity index (χ4v) is 4.58. The molecule has 9 heteroatoms. The van der Waals surface area contributed by atoms with Crippen LogP contribution in [0.25, 0.3) is 10.9 Å². The predicted molar refractivity (Wildman–Crippen MR) is 114 cm³/mol. The second-order valence-corrected chi connectivity index (χ2v) is 8.13. The number of fused-ring (bicyclic) bond motifs is 1. The van der Waals surface area contributed by atoms with Gasteiger partial charge < -0.3 is 21.6 Å². The Morgan fingerprint density at radius 1 is 1.17 bits per heavy atom. The first-order valence-electron chi connectivity index (χ1n) is 9.31. The number of carbonyl (C=O) groups excluding carboxylic acids is 2. The number of nitrogens with one attached hydrogen (secondary N) is 1. The van der Waals surface area contributed by atoms with Crippen molar-refractivity contribution in [2.75, 3.05) is 6.26 Å². The van der Waals surface area contributed by atoms with Crippen molar-refractivity contribution in [1.29, 1.82) is 0 Å². The highest BCUT2D eigenvalue weighted by molar-refractivity contribution is 7.96. The van der Waals surface area contributed by atoms with Crippen LogP contribution < -0.4 is 11.5 Å². The number of benzene rings is 1. The van der Waals surface area contributed by atoms with Crippen LogP contribution in [0.2, 0.25) is 0 Å². The number of nitrogens with zero attached hydrogens (tertiary/aromatic N) is 1. The average Bonchev–Trinajstić information content (AvgIpc) is 3.08. The molecule has 0 aliphatic carbocycles. The highest BCUT2D eigenvalue weighted by atomic mass is 32.2. The quantitative estimate of drug-likeness (QED) is 0.429. The number of hydrogen-bond acceptors (Lipinski definition) is 6. The fraction of sp³-hybridized carbons (Fsp3) is 0.450. The summed E-state index contributed by atoms with van der Waals surface area (Å²) in [6.45, 7) is 5.31. The van der Waals surface area contributed by atoms with Gasteiger partial charge in [-0.25, -0.2) is 4.31 Å². The van der Waals surface area contributed by atoms with E-state index in [1.54, 1.807) is 23.7 Å². The number of hydrogen-bond donors (Lipinski definition) is 4. The van der Waals surface area contributed by atoms with Gasteiger partial charge in [0.1, 0.15) is 6.04 Å². The Balaban J connectivity index is 2.60. The Morgan fingerprint density at radius 2 is 1.79 bits per heavy atom. The molecule has 158 valence electrons. The molecule has 1 aromatic heterocycles. The van der Waals surface area contributed by atoms with E-state index in [0.717, 1.165) is 10.9 Å². The van der Waals surface area contributed by atoms with Crippen molar-refractivity contribution < 1.29 is 19.5 Å². The minimum Gasteiger partial charge on any atom is -0.480 e. The number of aliphatic carboxylic acids is 1. The van der Waals surface area contributed by atoms with Gasteiger partial charge in [0, 0.05) is 17.1 Å². The molecule has 0 spiro atoms. The standard InChI is InChI=1S/C20H28N4O4S/c1-10(2)17(24(29-4)11(3)19(22)26)18(25)15(16(21)20(27)28)13-9-23-14-8-6-5-7-12(13)14/h5-11,15-17,23H,21H2,1-4H3,(H2,22,26)(H,27,28)/t11?,15?,16-,17-/m0/s1. The third kappa shape index (κ3) is 4.63. The number of carboxylic acids is 1. The van der Waals surface area contributed by atoms with E-state index in [-0.39, 0.29) is 11.7 Å². The normalized spacial score (nSPS) is 16.0. The molecule has 4 atom stereocenters. The maximum atomic E-state index is 13.7. The van der Waals surface area contributed by atoms with Crippen molar-refractivity contribution in [1.82, 2.24) is 9.29 Å². The zero-order chi connectivity index (χ0) is 21.9. The van der Waals surface area contributed by atoms with Crippen LogP contribution in [0.3, 0.4) is 0 Å². The summed E-state index contributed by atoms with van der Waals surface area (Å²) in [5.74, 6) is -3.49. The smallest absolute Gasteiger partial charge is 0.321 e. The van der Waals surface area contributed by atoms with Gasteiger partial charge in [0.05, 0.1) is 18.0 Å². The summed E-state index contributed by atoms with van der Waals surface area (Å²) in [4.78, 5) is 40.4. The molecule has 2 aromatic rings. The maximum absolute atomic E-state index is 13.7. The number of para-hydroxylation sites is 1. The number of carbonyl (C=O) groups is 3. The number of Topliss-reactive ketones (excluding diaryl/α,β-unsaturated/α-hetero) is 1. The molecule has 0 aliphatic rings. The number of ketones is 1. The van der Waals surface area contributed by atoms with Crippen LogP contribution in [0.4, 0.5) is 0 Å². The number of amides is 1. The maximum Gasteiger partial charge on any atom is 0.321 e. The van der Waals surface area contributed by atoms with Crippen molar-refractivity contribution in [3.8, 4) is 0 Å². The van der Waals surface area contributed by atoms with Crippen molar-refractivity contribution >= 4 is 40.5 Å². The van der Waals surface area contributed by atoms with Crippen LogP contribution in [-0.4, -0.2) is 56.4 Å². The zero-order valence-electron chi connectivity index (χ0n) is 17.0. The molecule has 0 radical (unpaired) electrons. The van der Waals surface area contributed by atoms with Crippen LogP contribution in [0.1, 0.15) is 32.3 Å². The SMILES string of the molecule is CSN(C(C)C(N)=O)[C@H](C(=O)C(c1c[nH]c2ccccc12)[C@H](N)C(=O)O)C(C)C. The Bertz CT molecular complexity index is 897. The Hall–Kier alpha value is -2.36. The number of primary amides is 1. The lowest BCUT2D eigenvalue weighted by molar-refractivity contribution is -0.142. The molecule has 0 saturated carbocycles. The third-order valence-electron chi connectivity index (χ3n) is 5.11. The lowest BCUT2D eigenvalue weighted by Gasteiger charge is -2.37. The summed E-state index contributed by atoms with van der Waals surface area (Å²) in [6, 6.07) is 4.42. The lowest BCUT2D eigenvalue weighted by Crippen LogP contribution is -2.53. The highest BCUT2D eigenvalue weighted by Gasteiger charge is 2.42. The first-order valence-corrected chi connectivity index (χ1v) is 10.5. The van der Waals surface area contributed by atoms with Gasteiger partial charge in [-0.2, -0.15) is 0 Å². The molecule has 2 unspecified atom stereocenters. The summed E-state index contributed by atoms with van der Waals surface area (Å²) >= 11 is 1.23. The average molecular weight is 421 g/mol. The van der Waals surface area contributed by atoms with Crippen LogP contribution in [0.15, 0.2) is 30.5 Å². The minimum atomic E-state index is -1.43. The van der Waals surface area contributed by atoms with Crippen LogP contribution in [0.5, 0.6) is 0 Å². The molecule has 1 aromatic carbocycles. The number of rotatable bonds is 10. The number of carboxylic acid groups (broad SMARTS) is 1. The summed E-state index contributed by atoms with van der Waals surface area (Å²) in [7, 11) is 0. The fourth-order valence-electron chi connectivity index (χ4n) is 3.59. The first kappa shape index (κ1) is 22.9. The number of aromatic amines is 1. The second-order valence-electron chi connectivity index (χ2n) is 7.34. The first-order chi connectivity index (χ1) is 13.6. The van der Waals surface area contributed by atoms with Crippen molar-refractivity contribution in [2.45, 2.75) is 44.8 Å². The number of H-pyrrole nitrogens is 1. The van der Waals surface area contributed by atoms with E-state index < -0.39 is 35.9 Å². The van der Waals surface area contributed by atoms with E-state index in [0.29, 0.717) is 5.56 Å². The van der Waals surface area contributed by atoms with Crippen molar-refractivity contribution in [3.63, 3.8) is 0 Å². The van der Waals surface area contributed by atoms with Gasteiger partial charge in [-0.05, 0) is 30.7 Å². The molecule has 6 N–H and O–H groups in total. The van der Waals surface area contributed by atoms with Gasteiger partial charge in [-0.1, -0.05) is 44.0 Å². The molecule has 29 heavy (non-hydrogen) atoms. The van der Waals surface area contributed by atoms with Gasteiger partial charge in [0.25, 0.3) is 0 Å². The molecular weight excluding hydrogens is 392 g/mol. The van der Waals surface area contributed by atoms with Gasteiger partial charge in [-0.3, -0.25) is 14.4 Å². The van der Waals surface area contributed by atoms with E-state index >= 15 is 0 Å². The highest BCUT2D eigenvalue weighted by Crippen LogP contribution is 2.33. The van der Waals surface area contributed by atoms with E-state index in [2.05, 4.69) is 4.98 Å². The van der Waals surface area contributed by atoms with Crippen molar-refractivity contribution in [3.05, 3.63) is 36.0 Å². The molecule has 1 amide bonds. The van der Waals surface area contributed by atoms with Crippen LogP contribution >= 0.6 is 11.9 Å². The topological polar surface area (TPSA) is 143 Å². The van der Waals surface area contributed by atoms with Gasteiger partial charge in [0.15, 0.2) is 5.78 Å². The Kier molecular flexibility index (Phi) is 7.45. The predicted octanol–water partition coefficient (Wildman–Crippen LogP) is 1.71. The zero-order valence-corrected chi connectivity index (χ0v) is 17.8. The molecular formula is C20H28N4O4S. The molecule has 8 nitrogen and oxygen atoms in total. The summed E-state index contributed by atoms with van der Waals surface area (Å²) in [6.07, 6.45) is 3.38.